The average molecular weight is 281 g/mol. The molecule has 0 aromatic heterocycles. The highest BCUT2D eigenvalue weighted by molar-refractivity contribution is 6.31. The first kappa shape index (κ1) is 15.3. The third kappa shape index (κ3) is 3.87. The van der Waals surface area contributed by atoms with Crippen LogP contribution in [0, 0.1) is 11.3 Å². The quantitative estimate of drug-likeness (QED) is 0.833. The predicted molar refractivity (Wildman–Crippen MR) is 74.4 cm³/mol. The van der Waals surface area contributed by atoms with Gasteiger partial charge in [0.05, 0.1) is 25.2 Å². The van der Waals surface area contributed by atoms with Gasteiger partial charge >= 0.3 is 0 Å². The Kier molecular flexibility index (Phi) is 5.65. The third-order valence-electron chi connectivity index (χ3n) is 2.74. The molecule has 0 spiro atoms. The van der Waals surface area contributed by atoms with Crippen molar-refractivity contribution in [1.82, 2.24) is 4.90 Å². The Morgan fingerprint density at radius 2 is 2.21 bits per heavy atom. The fraction of sp³-hybridized carbons (Fsp3) is 0.429. The minimum atomic E-state index is -0.176. The van der Waals surface area contributed by atoms with Crippen LogP contribution in [0.1, 0.15) is 30.6 Å². The van der Waals surface area contributed by atoms with E-state index >= 15 is 0 Å². The largest absolute Gasteiger partial charge is 0.496 e. The van der Waals surface area contributed by atoms with Crippen LogP contribution in [0.3, 0.4) is 0 Å². The van der Waals surface area contributed by atoms with Crippen molar-refractivity contribution >= 4 is 17.5 Å². The van der Waals surface area contributed by atoms with Crippen LogP contribution in [0.5, 0.6) is 5.75 Å². The molecule has 1 aromatic carbocycles. The van der Waals surface area contributed by atoms with Crippen molar-refractivity contribution in [3.63, 3.8) is 0 Å². The number of benzene rings is 1. The minimum absolute atomic E-state index is 0.00420. The summed E-state index contributed by atoms with van der Waals surface area (Å²) in [5, 5.41) is 9.14. The summed E-state index contributed by atoms with van der Waals surface area (Å²) in [6.07, 6.45) is 0.298. The Morgan fingerprint density at radius 3 is 2.74 bits per heavy atom. The molecule has 19 heavy (non-hydrogen) atoms. The molecule has 1 amide bonds. The number of hydrogen-bond acceptors (Lipinski definition) is 3. The molecule has 0 aliphatic heterocycles. The topological polar surface area (TPSA) is 53.3 Å². The van der Waals surface area contributed by atoms with Gasteiger partial charge in [0.25, 0.3) is 5.91 Å². The molecule has 0 saturated carbocycles. The van der Waals surface area contributed by atoms with Crippen molar-refractivity contribution in [2.24, 2.45) is 0 Å². The summed E-state index contributed by atoms with van der Waals surface area (Å²) in [6, 6.07) is 6.98. The molecule has 0 radical (unpaired) electrons. The van der Waals surface area contributed by atoms with E-state index < -0.39 is 0 Å². The van der Waals surface area contributed by atoms with Gasteiger partial charge in [-0.05, 0) is 32.0 Å². The van der Waals surface area contributed by atoms with E-state index in [-0.39, 0.29) is 11.9 Å². The highest BCUT2D eigenvalue weighted by atomic mass is 35.5. The van der Waals surface area contributed by atoms with E-state index in [9.17, 15) is 4.79 Å². The number of carbonyl (C=O) groups is 1. The molecular formula is C14H17ClN2O2. The number of methoxy groups -OCH3 is 1. The Hall–Kier alpha value is -1.73. The van der Waals surface area contributed by atoms with Crippen molar-refractivity contribution < 1.29 is 9.53 Å². The molecule has 0 heterocycles. The van der Waals surface area contributed by atoms with Gasteiger partial charge in [0.2, 0.25) is 0 Å². The van der Waals surface area contributed by atoms with Crippen molar-refractivity contribution in [3.05, 3.63) is 28.8 Å². The standard InChI is InChI=1S/C14H17ClN2O2/c1-10(2)17(8-4-7-16)14(18)12-9-11(15)5-6-13(12)19-3/h5-6,9-10H,4,8H2,1-3H3. The van der Waals surface area contributed by atoms with Crippen molar-refractivity contribution in [2.45, 2.75) is 26.3 Å². The fourth-order valence-corrected chi connectivity index (χ4v) is 1.94. The number of rotatable bonds is 5. The lowest BCUT2D eigenvalue weighted by Gasteiger charge is -2.26. The number of amides is 1. The zero-order valence-corrected chi connectivity index (χ0v) is 12.1. The van der Waals surface area contributed by atoms with Gasteiger partial charge in [0, 0.05) is 17.6 Å². The monoisotopic (exact) mass is 280 g/mol. The second-order valence-electron chi connectivity index (χ2n) is 4.35. The maximum atomic E-state index is 12.5. The SMILES string of the molecule is COc1ccc(Cl)cc1C(=O)N(CCC#N)C(C)C. The second-order valence-corrected chi connectivity index (χ2v) is 4.78. The van der Waals surface area contributed by atoms with Gasteiger partial charge in [-0.3, -0.25) is 4.79 Å². The first-order valence-electron chi connectivity index (χ1n) is 6.02. The third-order valence-corrected chi connectivity index (χ3v) is 2.98. The van der Waals surface area contributed by atoms with E-state index in [4.69, 9.17) is 21.6 Å². The summed E-state index contributed by atoms with van der Waals surface area (Å²) in [6.45, 7) is 4.21. The van der Waals surface area contributed by atoms with Gasteiger partial charge in [-0.15, -0.1) is 0 Å². The van der Waals surface area contributed by atoms with Crippen LogP contribution >= 0.6 is 11.6 Å². The Balaban J connectivity index is 3.09. The van der Waals surface area contributed by atoms with E-state index in [0.29, 0.717) is 29.3 Å². The number of hydrogen-bond donors (Lipinski definition) is 0. The highest BCUT2D eigenvalue weighted by Gasteiger charge is 2.21. The molecule has 0 saturated heterocycles. The van der Waals surface area contributed by atoms with Crippen LogP contribution in [-0.2, 0) is 0 Å². The minimum Gasteiger partial charge on any atom is -0.496 e. The van der Waals surface area contributed by atoms with E-state index in [0.717, 1.165) is 0 Å². The molecule has 102 valence electrons. The van der Waals surface area contributed by atoms with Gasteiger partial charge in [-0.2, -0.15) is 5.26 Å². The number of ether oxygens (including phenoxy) is 1. The van der Waals surface area contributed by atoms with Gasteiger partial charge in [-0.1, -0.05) is 11.6 Å². The van der Waals surface area contributed by atoms with E-state index in [1.807, 2.05) is 19.9 Å². The Labute approximate surface area is 118 Å². The predicted octanol–water partition coefficient (Wildman–Crippen LogP) is 3.11. The van der Waals surface area contributed by atoms with Crippen LogP contribution < -0.4 is 4.74 Å². The molecule has 5 heteroatoms. The molecular weight excluding hydrogens is 264 g/mol. The number of nitrogens with zero attached hydrogens (tertiary/aromatic N) is 2. The zero-order valence-electron chi connectivity index (χ0n) is 11.3. The summed E-state index contributed by atoms with van der Waals surface area (Å²) in [4.78, 5) is 14.1. The maximum Gasteiger partial charge on any atom is 0.257 e. The van der Waals surface area contributed by atoms with Crippen molar-refractivity contribution in [3.8, 4) is 11.8 Å². The first-order valence-corrected chi connectivity index (χ1v) is 6.40. The molecule has 1 aromatic rings. The Bertz CT molecular complexity index is 495. The van der Waals surface area contributed by atoms with E-state index in [1.54, 1.807) is 23.1 Å². The van der Waals surface area contributed by atoms with E-state index in [2.05, 4.69) is 0 Å². The smallest absolute Gasteiger partial charge is 0.257 e. The fourth-order valence-electron chi connectivity index (χ4n) is 1.77. The molecule has 0 aliphatic rings. The summed E-state index contributed by atoms with van der Waals surface area (Å²) in [5.74, 6) is 0.307. The summed E-state index contributed by atoms with van der Waals surface area (Å²) in [7, 11) is 1.51. The summed E-state index contributed by atoms with van der Waals surface area (Å²) in [5.41, 5.74) is 0.418. The molecule has 1 rings (SSSR count). The molecule has 0 unspecified atom stereocenters. The lowest BCUT2D eigenvalue weighted by Crippen LogP contribution is -2.37. The van der Waals surface area contributed by atoms with Gasteiger partial charge < -0.3 is 9.64 Å². The molecule has 4 nitrogen and oxygen atoms in total. The molecule has 0 bridgehead atoms. The van der Waals surface area contributed by atoms with Crippen LogP contribution in [0.4, 0.5) is 0 Å². The van der Waals surface area contributed by atoms with Crippen LogP contribution in [0.25, 0.3) is 0 Å². The Morgan fingerprint density at radius 1 is 1.53 bits per heavy atom. The van der Waals surface area contributed by atoms with Crippen molar-refractivity contribution in [1.29, 1.82) is 5.26 Å². The maximum absolute atomic E-state index is 12.5. The number of nitriles is 1. The average Bonchev–Trinajstić information content (AvgIpc) is 2.38. The molecule has 0 N–H and O–H groups in total. The molecule has 0 aliphatic carbocycles. The zero-order chi connectivity index (χ0) is 14.4. The lowest BCUT2D eigenvalue weighted by molar-refractivity contribution is 0.0707. The normalized spacial score (nSPS) is 10.1. The van der Waals surface area contributed by atoms with Crippen LogP contribution in [-0.4, -0.2) is 30.5 Å². The first-order chi connectivity index (χ1) is 9.01. The van der Waals surface area contributed by atoms with Gasteiger partial charge in [-0.25, -0.2) is 0 Å². The van der Waals surface area contributed by atoms with Gasteiger partial charge in [0.15, 0.2) is 0 Å². The van der Waals surface area contributed by atoms with Crippen LogP contribution in [0.2, 0.25) is 5.02 Å². The second kappa shape index (κ2) is 7.01. The van der Waals surface area contributed by atoms with Crippen molar-refractivity contribution in [2.75, 3.05) is 13.7 Å². The number of carbonyl (C=O) groups excluding carboxylic acids is 1. The lowest BCUT2D eigenvalue weighted by atomic mass is 10.1. The van der Waals surface area contributed by atoms with Crippen LogP contribution in [0.15, 0.2) is 18.2 Å². The highest BCUT2D eigenvalue weighted by Crippen LogP contribution is 2.24. The summed E-state index contributed by atoms with van der Waals surface area (Å²) < 4.78 is 5.18. The van der Waals surface area contributed by atoms with Gasteiger partial charge in [0.1, 0.15) is 5.75 Å². The van der Waals surface area contributed by atoms with E-state index in [1.165, 1.54) is 7.11 Å². The number of halogens is 1. The summed E-state index contributed by atoms with van der Waals surface area (Å²) >= 11 is 5.93. The molecule has 0 atom stereocenters. The molecule has 0 fully saturated rings.